The van der Waals surface area contributed by atoms with Crippen molar-refractivity contribution in [3.63, 3.8) is 0 Å². The van der Waals surface area contributed by atoms with Crippen LogP contribution in [-0.4, -0.2) is 43.4 Å². The van der Waals surface area contributed by atoms with Crippen LogP contribution in [-0.2, 0) is 19.6 Å². The Morgan fingerprint density at radius 3 is 2.58 bits per heavy atom. The van der Waals surface area contributed by atoms with E-state index in [9.17, 15) is 13.2 Å². The van der Waals surface area contributed by atoms with Gasteiger partial charge in [0.15, 0.2) is 0 Å². The SMILES string of the molecule is CCOC(=O)/C(C)=C\[C@H](C(C)C)N(C)S(=O)(=O)c1nc2ccccc2s1. The average molecular weight is 397 g/mol. The van der Waals surface area contributed by atoms with Crippen LogP contribution in [0.25, 0.3) is 10.2 Å². The standard InChI is InChI=1S/C18H24N2O4S2/c1-6-24-17(21)13(4)11-15(12(2)3)20(5)26(22,23)18-19-14-9-7-8-10-16(14)25-18/h7-12,15H,6H2,1-5H3/b13-11-/t15-/m1/s1. The third-order valence-electron chi connectivity index (χ3n) is 4.00. The summed E-state index contributed by atoms with van der Waals surface area (Å²) in [5, 5.41) is 0. The topological polar surface area (TPSA) is 76.6 Å². The van der Waals surface area contributed by atoms with Crippen molar-refractivity contribution in [2.24, 2.45) is 5.92 Å². The van der Waals surface area contributed by atoms with Gasteiger partial charge in [-0.3, -0.25) is 0 Å². The summed E-state index contributed by atoms with van der Waals surface area (Å²) >= 11 is 1.14. The van der Waals surface area contributed by atoms with Crippen molar-refractivity contribution in [1.29, 1.82) is 0 Å². The molecule has 1 atom stereocenters. The second-order valence-electron chi connectivity index (χ2n) is 6.27. The molecule has 1 heterocycles. The first-order valence-electron chi connectivity index (χ1n) is 8.37. The van der Waals surface area contributed by atoms with Crippen LogP contribution in [0.3, 0.4) is 0 Å². The summed E-state index contributed by atoms with van der Waals surface area (Å²) < 4.78 is 33.2. The van der Waals surface area contributed by atoms with Crippen LogP contribution in [0.2, 0.25) is 0 Å². The molecule has 0 unspecified atom stereocenters. The van der Waals surface area contributed by atoms with Crippen molar-refractivity contribution in [2.75, 3.05) is 13.7 Å². The molecule has 26 heavy (non-hydrogen) atoms. The second-order valence-corrected chi connectivity index (χ2v) is 9.48. The molecule has 0 aliphatic carbocycles. The van der Waals surface area contributed by atoms with Gasteiger partial charge in [-0.15, -0.1) is 11.3 Å². The van der Waals surface area contributed by atoms with Gasteiger partial charge in [0.05, 0.1) is 16.8 Å². The van der Waals surface area contributed by atoms with Gasteiger partial charge in [-0.2, -0.15) is 4.31 Å². The third kappa shape index (κ3) is 4.31. The van der Waals surface area contributed by atoms with Crippen LogP contribution in [0.15, 0.2) is 40.3 Å². The molecule has 0 bridgehead atoms. The highest BCUT2D eigenvalue weighted by molar-refractivity contribution is 7.91. The van der Waals surface area contributed by atoms with E-state index >= 15 is 0 Å². The van der Waals surface area contributed by atoms with E-state index in [1.807, 2.05) is 32.0 Å². The lowest BCUT2D eigenvalue weighted by atomic mass is 10.0. The number of hydrogen-bond acceptors (Lipinski definition) is 6. The van der Waals surface area contributed by atoms with Crippen molar-refractivity contribution in [2.45, 2.75) is 38.1 Å². The number of carbonyl (C=O) groups is 1. The highest BCUT2D eigenvalue weighted by Crippen LogP contribution is 2.29. The number of carbonyl (C=O) groups excluding carboxylic acids is 1. The molecule has 1 aromatic heterocycles. The molecule has 1 aromatic carbocycles. The zero-order chi connectivity index (χ0) is 19.5. The zero-order valence-corrected chi connectivity index (χ0v) is 17.2. The van der Waals surface area contributed by atoms with E-state index in [2.05, 4.69) is 4.98 Å². The van der Waals surface area contributed by atoms with Crippen LogP contribution in [0.5, 0.6) is 0 Å². The van der Waals surface area contributed by atoms with Gasteiger partial charge >= 0.3 is 5.97 Å². The van der Waals surface area contributed by atoms with Crippen LogP contribution >= 0.6 is 11.3 Å². The van der Waals surface area contributed by atoms with E-state index < -0.39 is 22.0 Å². The molecule has 0 saturated carbocycles. The Hall–Kier alpha value is -1.77. The van der Waals surface area contributed by atoms with Crippen LogP contribution in [0.4, 0.5) is 0 Å². The van der Waals surface area contributed by atoms with E-state index in [1.165, 1.54) is 11.4 Å². The highest BCUT2D eigenvalue weighted by Gasteiger charge is 2.32. The Labute approximate surface area is 158 Å². The molecule has 0 amide bonds. The smallest absolute Gasteiger partial charge is 0.333 e. The second kappa shape index (κ2) is 8.28. The Morgan fingerprint density at radius 2 is 2.00 bits per heavy atom. The fraction of sp³-hybridized carbons (Fsp3) is 0.444. The average Bonchev–Trinajstić information content (AvgIpc) is 3.03. The Morgan fingerprint density at radius 1 is 1.35 bits per heavy atom. The number of thiazole rings is 1. The zero-order valence-electron chi connectivity index (χ0n) is 15.6. The fourth-order valence-electron chi connectivity index (χ4n) is 2.53. The lowest BCUT2D eigenvalue weighted by molar-refractivity contribution is -0.138. The lowest BCUT2D eigenvalue weighted by Crippen LogP contribution is -2.39. The van der Waals surface area contributed by atoms with Crippen LogP contribution < -0.4 is 0 Å². The van der Waals surface area contributed by atoms with Crippen molar-refractivity contribution in [3.05, 3.63) is 35.9 Å². The molecule has 0 fully saturated rings. The van der Waals surface area contributed by atoms with Crippen molar-refractivity contribution in [3.8, 4) is 0 Å². The molecule has 142 valence electrons. The Kier molecular flexibility index (Phi) is 6.54. The quantitative estimate of drug-likeness (QED) is 0.529. The predicted molar refractivity (Wildman–Crippen MR) is 104 cm³/mol. The maximum absolute atomic E-state index is 13.1. The van der Waals surface area contributed by atoms with E-state index in [0.717, 1.165) is 16.0 Å². The normalized spacial score (nSPS) is 14.2. The number of likely N-dealkylation sites (N-methyl/N-ethyl adjacent to an activating group) is 1. The summed E-state index contributed by atoms with van der Waals surface area (Å²) in [6.07, 6.45) is 1.65. The number of sulfonamides is 1. The Bertz CT molecular complexity index is 883. The lowest BCUT2D eigenvalue weighted by Gasteiger charge is -2.27. The van der Waals surface area contributed by atoms with Gasteiger partial charge in [0, 0.05) is 18.7 Å². The number of hydrogen-bond donors (Lipinski definition) is 0. The van der Waals surface area contributed by atoms with Crippen LogP contribution in [0.1, 0.15) is 27.7 Å². The maximum atomic E-state index is 13.1. The van der Waals surface area contributed by atoms with Gasteiger partial charge in [0.2, 0.25) is 4.34 Å². The molecule has 0 aliphatic heterocycles. The largest absolute Gasteiger partial charge is 0.463 e. The molecule has 0 aliphatic rings. The predicted octanol–water partition coefficient (Wildman–Crippen LogP) is 3.45. The molecule has 0 N–H and O–H groups in total. The van der Waals surface area contributed by atoms with Gasteiger partial charge in [-0.1, -0.05) is 32.1 Å². The van der Waals surface area contributed by atoms with Crippen molar-refractivity contribution < 1.29 is 17.9 Å². The number of fused-ring (bicyclic) bond motifs is 1. The molecule has 8 heteroatoms. The number of nitrogens with zero attached hydrogens (tertiary/aromatic N) is 2. The van der Waals surface area contributed by atoms with Crippen molar-refractivity contribution >= 4 is 37.5 Å². The number of ether oxygens (including phenoxy) is 1. The first kappa shape index (κ1) is 20.5. The molecule has 0 radical (unpaired) electrons. The first-order chi connectivity index (χ1) is 12.2. The monoisotopic (exact) mass is 396 g/mol. The maximum Gasteiger partial charge on any atom is 0.333 e. The molecular weight excluding hydrogens is 372 g/mol. The van der Waals surface area contributed by atoms with Gasteiger partial charge in [0.25, 0.3) is 10.0 Å². The summed E-state index contributed by atoms with van der Waals surface area (Å²) in [7, 11) is -2.27. The van der Waals surface area contributed by atoms with Crippen LogP contribution in [0, 0.1) is 5.92 Å². The molecule has 0 saturated heterocycles. The minimum Gasteiger partial charge on any atom is -0.463 e. The number of para-hydroxylation sites is 1. The fourth-order valence-corrected chi connectivity index (χ4v) is 5.36. The summed E-state index contributed by atoms with van der Waals surface area (Å²) in [6, 6.07) is 6.82. The summed E-state index contributed by atoms with van der Waals surface area (Å²) in [4.78, 5) is 16.2. The first-order valence-corrected chi connectivity index (χ1v) is 10.6. The van der Waals surface area contributed by atoms with E-state index in [-0.39, 0.29) is 16.9 Å². The van der Waals surface area contributed by atoms with E-state index in [0.29, 0.717) is 11.1 Å². The molecule has 2 rings (SSSR count). The molecule has 0 spiro atoms. The molecule has 2 aromatic rings. The van der Waals surface area contributed by atoms with Crippen molar-refractivity contribution in [1.82, 2.24) is 9.29 Å². The number of rotatable bonds is 7. The molecular formula is C18H24N2O4S2. The minimum absolute atomic E-state index is 0.0338. The van der Waals surface area contributed by atoms with E-state index in [4.69, 9.17) is 4.74 Å². The summed E-state index contributed by atoms with van der Waals surface area (Å²) in [6.45, 7) is 7.45. The van der Waals surface area contributed by atoms with Gasteiger partial charge < -0.3 is 4.74 Å². The third-order valence-corrected chi connectivity index (χ3v) is 7.24. The van der Waals surface area contributed by atoms with E-state index in [1.54, 1.807) is 26.0 Å². The highest BCUT2D eigenvalue weighted by atomic mass is 32.2. The number of benzene rings is 1. The number of aromatic nitrogens is 1. The minimum atomic E-state index is -3.78. The summed E-state index contributed by atoms with van der Waals surface area (Å²) in [5.41, 5.74) is 1.04. The van der Waals surface area contributed by atoms with Gasteiger partial charge in [-0.05, 0) is 31.9 Å². The number of esters is 1. The van der Waals surface area contributed by atoms with Gasteiger partial charge in [-0.25, -0.2) is 18.2 Å². The summed E-state index contributed by atoms with van der Waals surface area (Å²) in [5.74, 6) is -0.475. The Balaban J connectivity index is 2.39. The molecule has 6 nitrogen and oxygen atoms in total. The van der Waals surface area contributed by atoms with Gasteiger partial charge in [0.1, 0.15) is 0 Å².